The van der Waals surface area contributed by atoms with E-state index in [0.717, 1.165) is 25.5 Å². The van der Waals surface area contributed by atoms with E-state index in [-0.39, 0.29) is 5.76 Å². The average molecular weight is 141 g/mol. The Morgan fingerprint density at radius 2 is 2.30 bits per heavy atom. The first-order chi connectivity index (χ1) is 4.81. The highest BCUT2D eigenvalue weighted by molar-refractivity contribution is 4.94. The van der Waals surface area contributed by atoms with E-state index in [9.17, 15) is 0 Å². The van der Waals surface area contributed by atoms with Crippen molar-refractivity contribution in [2.45, 2.75) is 32.6 Å². The molecule has 0 heterocycles. The molecule has 0 fully saturated rings. The molecule has 3 heteroatoms. The minimum atomic E-state index is 0.149. The first-order valence-corrected chi connectivity index (χ1v) is 3.53. The minimum absolute atomic E-state index is 0.149. The molecule has 0 aromatic heterocycles. The number of nitrogens with zero attached hydrogens (tertiary/aromatic N) is 2. The number of diazo groups is 1. The van der Waals surface area contributed by atoms with E-state index < -0.39 is 0 Å². The Hall–Kier alpha value is -1.04. The third-order valence-electron chi connectivity index (χ3n) is 1.24. The van der Waals surface area contributed by atoms with Crippen molar-refractivity contribution in [1.82, 2.24) is 0 Å². The van der Waals surface area contributed by atoms with Gasteiger partial charge in [-0.25, -0.2) is 0 Å². The zero-order chi connectivity index (χ0) is 7.82. The number of unbranched alkanes of at least 4 members (excludes halogenated alkanes) is 2. The largest absolute Gasteiger partial charge is 0.505 e. The summed E-state index contributed by atoms with van der Waals surface area (Å²) in [5, 5.41) is 16.9. The van der Waals surface area contributed by atoms with Crippen molar-refractivity contribution < 1.29 is 5.11 Å². The Bertz CT molecular complexity index is 146. The molecule has 10 heavy (non-hydrogen) atoms. The van der Waals surface area contributed by atoms with Crippen molar-refractivity contribution in [1.29, 1.82) is 5.39 Å². The number of rotatable bonds is 4. The van der Waals surface area contributed by atoms with Crippen LogP contribution in [0.4, 0.5) is 0 Å². The van der Waals surface area contributed by atoms with Gasteiger partial charge in [0.05, 0.1) is 0 Å². The molecule has 0 amide bonds. The van der Waals surface area contributed by atoms with Gasteiger partial charge in [0, 0.05) is 6.42 Å². The van der Waals surface area contributed by atoms with Gasteiger partial charge in [0.2, 0.25) is 5.39 Å². The molecule has 0 saturated heterocycles. The van der Waals surface area contributed by atoms with Crippen LogP contribution in [-0.2, 0) is 0 Å². The molecule has 1 N–H and O–H groups in total. The van der Waals surface area contributed by atoms with E-state index in [4.69, 9.17) is 10.5 Å². The highest BCUT2D eigenvalue weighted by Gasteiger charge is 1.97. The molecule has 0 radical (unpaired) electrons. The van der Waals surface area contributed by atoms with Crippen LogP contribution in [0, 0.1) is 5.39 Å². The van der Waals surface area contributed by atoms with Crippen molar-refractivity contribution >= 4 is 0 Å². The van der Waals surface area contributed by atoms with Crippen LogP contribution in [0.3, 0.4) is 0 Å². The SMILES string of the molecule is CCCCC/C(O)=C/[N+]#N. The third-order valence-corrected chi connectivity index (χ3v) is 1.24. The van der Waals surface area contributed by atoms with Gasteiger partial charge in [0.25, 0.3) is 0 Å². The van der Waals surface area contributed by atoms with Gasteiger partial charge in [-0.3, -0.25) is 0 Å². The van der Waals surface area contributed by atoms with E-state index in [1.807, 2.05) is 0 Å². The Morgan fingerprint density at radius 3 is 2.80 bits per heavy atom. The molecule has 0 spiro atoms. The van der Waals surface area contributed by atoms with Gasteiger partial charge in [-0.1, -0.05) is 19.8 Å². The molecular formula is C7H13N2O+. The molecule has 0 atom stereocenters. The lowest BCUT2D eigenvalue weighted by Gasteiger charge is -1.92. The fourth-order valence-electron chi connectivity index (χ4n) is 0.687. The highest BCUT2D eigenvalue weighted by atomic mass is 16.3. The summed E-state index contributed by atoms with van der Waals surface area (Å²) in [6.07, 6.45) is 4.86. The van der Waals surface area contributed by atoms with Crippen molar-refractivity contribution in [2.75, 3.05) is 0 Å². The van der Waals surface area contributed by atoms with E-state index in [2.05, 4.69) is 11.9 Å². The first kappa shape index (κ1) is 8.96. The minimum Gasteiger partial charge on any atom is -0.505 e. The summed E-state index contributed by atoms with van der Waals surface area (Å²) in [7, 11) is 0. The van der Waals surface area contributed by atoms with Crippen LogP contribution in [0.2, 0.25) is 0 Å². The number of allylic oxidation sites excluding steroid dienone is 1. The lowest BCUT2D eigenvalue weighted by atomic mass is 10.2. The zero-order valence-corrected chi connectivity index (χ0v) is 6.25. The molecule has 56 valence electrons. The van der Waals surface area contributed by atoms with Crippen molar-refractivity contribution in [2.24, 2.45) is 0 Å². The zero-order valence-electron chi connectivity index (χ0n) is 6.25. The number of hydrogen-bond donors (Lipinski definition) is 1. The van der Waals surface area contributed by atoms with E-state index >= 15 is 0 Å². The van der Waals surface area contributed by atoms with Crippen LogP contribution in [0.1, 0.15) is 32.6 Å². The lowest BCUT2D eigenvalue weighted by Crippen LogP contribution is -1.80. The van der Waals surface area contributed by atoms with Crippen molar-refractivity contribution in [3.05, 3.63) is 16.9 Å². The second-order valence-electron chi connectivity index (χ2n) is 2.19. The summed E-state index contributed by atoms with van der Waals surface area (Å²) < 4.78 is 0. The van der Waals surface area contributed by atoms with Crippen LogP contribution in [0.15, 0.2) is 12.0 Å². The Morgan fingerprint density at radius 1 is 1.60 bits per heavy atom. The third kappa shape index (κ3) is 5.10. The molecule has 0 aliphatic heterocycles. The predicted octanol–water partition coefficient (Wildman–Crippen LogP) is 2.82. The second kappa shape index (κ2) is 6.09. The van der Waals surface area contributed by atoms with Crippen LogP contribution in [0.25, 0.3) is 4.98 Å². The predicted molar refractivity (Wildman–Crippen MR) is 39.9 cm³/mol. The summed E-state index contributed by atoms with van der Waals surface area (Å²) >= 11 is 0. The van der Waals surface area contributed by atoms with Crippen LogP contribution in [-0.4, -0.2) is 5.11 Å². The summed E-state index contributed by atoms with van der Waals surface area (Å²) in [5.41, 5.74) is 0. The fourth-order valence-corrected chi connectivity index (χ4v) is 0.687. The van der Waals surface area contributed by atoms with Gasteiger partial charge in [-0.15, -0.1) is 0 Å². The average Bonchev–Trinajstić information content (AvgIpc) is 1.89. The maximum atomic E-state index is 8.88. The van der Waals surface area contributed by atoms with Crippen molar-refractivity contribution in [3.8, 4) is 0 Å². The molecule has 0 aliphatic rings. The molecule has 0 bridgehead atoms. The van der Waals surface area contributed by atoms with Gasteiger partial charge in [-0.05, 0) is 6.42 Å². The molecule has 0 saturated carbocycles. The molecular weight excluding hydrogens is 128 g/mol. The summed E-state index contributed by atoms with van der Waals surface area (Å²) in [6, 6.07) is 0. The molecule has 0 rings (SSSR count). The first-order valence-electron chi connectivity index (χ1n) is 3.53. The Balaban J connectivity index is 3.32. The summed E-state index contributed by atoms with van der Waals surface area (Å²) in [6.45, 7) is 2.09. The van der Waals surface area contributed by atoms with Crippen LogP contribution < -0.4 is 0 Å². The van der Waals surface area contributed by atoms with E-state index in [0.29, 0.717) is 6.42 Å². The van der Waals surface area contributed by atoms with Gasteiger partial charge >= 0.3 is 6.20 Å². The Labute approximate surface area is 61.0 Å². The van der Waals surface area contributed by atoms with Gasteiger partial charge in [0.15, 0.2) is 10.7 Å². The molecule has 0 unspecified atom stereocenters. The summed E-state index contributed by atoms with van der Waals surface area (Å²) in [4.78, 5) is 2.70. The van der Waals surface area contributed by atoms with Gasteiger partial charge < -0.3 is 5.11 Å². The maximum absolute atomic E-state index is 8.88. The van der Waals surface area contributed by atoms with E-state index in [1.54, 1.807) is 0 Å². The van der Waals surface area contributed by atoms with Gasteiger partial charge in [0.1, 0.15) is 0 Å². The standard InChI is InChI=1S/C7H12N2O/c1-2-3-4-5-7(10)6-9-8/h6H,2-5H2,1H3/p+1/b7-6-. The van der Waals surface area contributed by atoms with Crippen LogP contribution in [0.5, 0.6) is 0 Å². The highest BCUT2D eigenvalue weighted by Crippen LogP contribution is 2.05. The van der Waals surface area contributed by atoms with Crippen LogP contribution >= 0.6 is 0 Å². The summed E-state index contributed by atoms with van der Waals surface area (Å²) in [5.74, 6) is 0.149. The lowest BCUT2D eigenvalue weighted by molar-refractivity contribution is 0.381. The number of aliphatic hydroxyl groups is 1. The topological polar surface area (TPSA) is 48.4 Å². The van der Waals surface area contributed by atoms with Crippen molar-refractivity contribution in [3.63, 3.8) is 0 Å². The quantitative estimate of drug-likeness (QED) is 0.371. The maximum Gasteiger partial charge on any atom is 0.387 e. The van der Waals surface area contributed by atoms with E-state index in [1.165, 1.54) is 0 Å². The second-order valence-corrected chi connectivity index (χ2v) is 2.19. The van der Waals surface area contributed by atoms with Gasteiger partial charge in [-0.2, -0.15) is 0 Å². The molecule has 0 aromatic rings. The molecule has 3 nitrogen and oxygen atoms in total. The number of hydrogen-bond acceptors (Lipinski definition) is 2. The smallest absolute Gasteiger partial charge is 0.387 e. The molecule has 0 aliphatic carbocycles. The normalized spacial score (nSPS) is 11.0. The number of aliphatic hydroxyl groups excluding tert-OH is 1. The molecule has 0 aromatic carbocycles. The Kier molecular flexibility index (Phi) is 5.45. The monoisotopic (exact) mass is 141 g/mol. The fraction of sp³-hybridized carbons (Fsp3) is 0.714.